The van der Waals surface area contributed by atoms with Crippen molar-refractivity contribution in [2.75, 3.05) is 0 Å². The van der Waals surface area contributed by atoms with Gasteiger partial charge in [-0.1, -0.05) is 37.2 Å². The summed E-state index contributed by atoms with van der Waals surface area (Å²) < 4.78 is 32.0. The van der Waals surface area contributed by atoms with E-state index in [1.54, 1.807) is 24.3 Å². The molecule has 0 saturated carbocycles. The SMILES string of the molecule is CC(C)NCc1ccccc1S(=O)(=O)NCc1ccon1. The first-order valence-corrected chi connectivity index (χ1v) is 8.17. The Balaban J connectivity index is 2.15. The average molecular weight is 309 g/mol. The van der Waals surface area contributed by atoms with E-state index in [4.69, 9.17) is 0 Å². The molecule has 0 saturated heterocycles. The molecular formula is C14H19N3O3S. The Hall–Kier alpha value is -1.70. The molecule has 7 heteroatoms. The van der Waals surface area contributed by atoms with Crippen LogP contribution < -0.4 is 10.0 Å². The van der Waals surface area contributed by atoms with Gasteiger partial charge in [0.05, 0.1) is 17.1 Å². The lowest BCUT2D eigenvalue weighted by atomic mass is 10.2. The van der Waals surface area contributed by atoms with Crippen LogP contribution >= 0.6 is 0 Å². The van der Waals surface area contributed by atoms with Crippen molar-refractivity contribution in [1.29, 1.82) is 0 Å². The highest BCUT2D eigenvalue weighted by atomic mass is 32.2. The van der Waals surface area contributed by atoms with Crippen LogP contribution in [0.3, 0.4) is 0 Å². The van der Waals surface area contributed by atoms with Gasteiger partial charge in [0.2, 0.25) is 10.0 Å². The minimum atomic E-state index is -3.59. The largest absolute Gasteiger partial charge is 0.364 e. The van der Waals surface area contributed by atoms with E-state index in [1.165, 1.54) is 6.26 Å². The fourth-order valence-electron chi connectivity index (χ4n) is 1.80. The van der Waals surface area contributed by atoms with E-state index in [9.17, 15) is 8.42 Å². The van der Waals surface area contributed by atoms with Crippen molar-refractivity contribution in [3.05, 3.63) is 47.9 Å². The van der Waals surface area contributed by atoms with Crippen LogP contribution in [0, 0.1) is 0 Å². The van der Waals surface area contributed by atoms with Crippen molar-refractivity contribution in [1.82, 2.24) is 15.2 Å². The summed E-state index contributed by atoms with van der Waals surface area (Å²) in [6.07, 6.45) is 1.41. The van der Waals surface area contributed by atoms with E-state index in [-0.39, 0.29) is 17.5 Å². The number of aromatic nitrogens is 1. The van der Waals surface area contributed by atoms with Crippen LogP contribution in [0.15, 0.2) is 46.0 Å². The fraction of sp³-hybridized carbons (Fsp3) is 0.357. The maximum absolute atomic E-state index is 12.4. The third-order valence-corrected chi connectivity index (χ3v) is 4.40. The summed E-state index contributed by atoms with van der Waals surface area (Å²) in [6.45, 7) is 4.63. The molecule has 0 atom stereocenters. The van der Waals surface area contributed by atoms with E-state index in [2.05, 4.69) is 19.7 Å². The summed E-state index contributed by atoms with van der Waals surface area (Å²) >= 11 is 0. The standard InChI is InChI=1S/C14H19N3O3S/c1-11(2)15-9-12-5-3-4-6-14(12)21(18,19)16-10-13-7-8-20-17-13/h3-8,11,15-16H,9-10H2,1-2H3. The van der Waals surface area contributed by atoms with Crippen molar-refractivity contribution >= 4 is 10.0 Å². The predicted octanol–water partition coefficient (Wildman–Crippen LogP) is 1.65. The molecule has 0 unspecified atom stereocenters. The number of benzene rings is 1. The highest BCUT2D eigenvalue weighted by Crippen LogP contribution is 2.15. The Morgan fingerprint density at radius 3 is 2.62 bits per heavy atom. The van der Waals surface area contributed by atoms with Gasteiger partial charge in [0, 0.05) is 18.7 Å². The molecule has 0 aliphatic rings. The Kier molecular flexibility index (Phi) is 5.11. The summed E-state index contributed by atoms with van der Waals surface area (Å²) in [5.74, 6) is 0. The van der Waals surface area contributed by atoms with Crippen molar-refractivity contribution in [3.63, 3.8) is 0 Å². The molecule has 1 aromatic heterocycles. The molecule has 1 heterocycles. The molecule has 1 aromatic carbocycles. The average Bonchev–Trinajstić information content (AvgIpc) is 2.97. The minimum absolute atomic E-state index is 0.102. The van der Waals surface area contributed by atoms with Gasteiger partial charge in [-0.25, -0.2) is 13.1 Å². The lowest BCUT2D eigenvalue weighted by Gasteiger charge is -2.13. The van der Waals surface area contributed by atoms with Gasteiger partial charge >= 0.3 is 0 Å². The van der Waals surface area contributed by atoms with Crippen LogP contribution in [-0.2, 0) is 23.1 Å². The number of hydrogen-bond acceptors (Lipinski definition) is 5. The maximum Gasteiger partial charge on any atom is 0.241 e. The molecule has 0 radical (unpaired) electrons. The van der Waals surface area contributed by atoms with E-state index in [1.807, 2.05) is 19.9 Å². The lowest BCUT2D eigenvalue weighted by Crippen LogP contribution is -2.27. The zero-order valence-corrected chi connectivity index (χ0v) is 12.9. The van der Waals surface area contributed by atoms with E-state index in [0.29, 0.717) is 12.2 Å². The Labute approximate surface area is 124 Å². The van der Waals surface area contributed by atoms with Crippen LogP contribution in [0.1, 0.15) is 25.1 Å². The summed E-state index contributed by atoms with van der Waals surface area (Å²) in [5.41, 5.74) is 1.27. The molecule has 2 N–H and O–H groups in total. The van der Waals surface area contributed by atoms with Gasteiger partial charge in [0.1, 0.15) is 6.26 Å². The molecule has 2 rings (SSSR count). The monoisotopic (exact) mass is 309 g/mol. The third kappa shape index (κ3) is 4.38. The smallest absolute Gasteiger partial charge is 0.241 e. The zero-order chi connectivity index (χ0) is 15.3. The van der Waals surface area contributed by atoms with Crippen molar-refractivity contribution < 1.29 is 12.9 Å². The predicted molar refractivity (Wildman–Crippen MR) is 78.9 cm³/mol. The van der Waals surface area contributed by atoms with E-state index in [0.717, 1.165) is 5.56 Å². The molecular weight excluding hydrogens is 290 g/mol. The zero-order valence-electron chi connectivity index (χ0n) is 12.0. The summed E-state index contributed by atoms with van der Waals surface area (Å²) in [4.78, 5) is 0.279. The molecule has 114 valence electrons. The Morgan fingerprint density at radius 1 is 1.19 bits per heavy atom. The quantitative estimate of drug-likeness (QED) is 0.812. The molecule has 0 aliphatic carbocycles. The molecule has 0 amide bonds. The third-order valence-electron chi connectivity index (χ3n) is 2.90. The molecule has 0 spiro atoms. The number of rotatable bonds is 7. The van der Waals surface area contributed by atoms with Gasteiger partial charge in [-0.05, 0) is 11.6 Å². The van der Waals surface area contributed by atoms with Crippen LogP contribution in [0.4, 0.5) is 0 Å². The second kappa shape index (κ2) is 6.84. The highest BCUT2D eigenvalue weighted by Gasteiger charge is 2.18. The first kappa shape index (κ1) is 15.7. The van der Waals surface area contributed by atoms with Crippen molar-refractivity contribution in [2.45, 2.75) is 37.9 Å². The van der Waals surface area contributed by atoms with Crippen LogP contribution in [0.2, 0.25) is 0 Å². The topological polar surface area (TPSA) is 84.2 Å². The van der Waals surface area contributed by atoms with Crippen molar-refractivity contribution in [3.8, 4) is 0 Å². The minimum Gasteiger partial charge on any atom is -0.364 e. The highest BCUT2D eigenvalue weighted by molar-refractivity contribution is 7.89. The number of hydrogen-bond donors (Lipinski definition) is 2. The Bertz CT molecular complexity index is 667. The normalized spacial score (nSPS) is 12.0. The van der Waals surface area contributed by atoms with E-state index >= 15 is 0 Å². The lowest BCUT2D eigenvalue weighted by molar-refractivity contribution is 0.411. The van der Waals surface area contributed by atoms with E-state index < -0.39 is 10.0 Å². The van der Waals surface area contributed by atoms with Crippen LogP contribution in [0.25, 0.3) is 0 Å². The molecule has 2 aromatic rings. The molecule has 6 nitrogen and oxygen atoms in total. The first-order chi connectivity index (χ1) is 9.99. The van der Waals surface area contributed by atoms with Gasteiger partial charge in [-0.2, -0.15) is 0 Å². The molecule has 0 bridgehead atoms. The van der Waals surface area contributed by atoms with Crippen molar-refractivity contribution in [2.24, 2.45) is 0 Å². The maximum atomic E-state index is 12.4. The molecule has 0 aliphatic heterocycles. The van der Waals surface area contributed by atoms with Gasteiger partial charge in [-0.15, -0.1) is 0 Å². The number of nitrogens with zero attached hydrogens (tertiary/aromatic N) is 1. The van der Waals surface area contributed by atoms with Gasteiger partial charge < -0.3 is 9.84 Å². The Morgan fingerprint density at radius 2 is 1.95 bits per heavy atom. The van der Waals surface area contributed by atoms with Gasteiger partial charge in [-0.3, -0.25) is 0 Å². The second-order valence-corrected chi connectivity index (χ2v) is 6.69. The van der Waals surface area contributed by atoms with Crippen LogP contribution in [0.5, 0.6) is 0 Å². The number of nitrogens with one attached hydrogen (secondary N) is 2. The summed E-state index contributed by atoms with van der Waals surface area (Å²) in [5, 5.41) is 6.90. The fourth-order valence-corrected chi connectivity index (χ4v) is 3.04. The van der Waals surface area contributed by atoms with Crippen LogP contribution in [-0.4, -0.2) is 19.6 Å². The molecule has 21 heavy (non-hydrogen) atoms. The molecule has 0 fully saturated rings. The number of sulfonamides is 1. The first-order valence-electron chi connectivity index (χ1n) is 6.69. The second-order valence-electron chi connectivity index (χ2n) is 4.96. The van der Waals surface area contributed by atoms with Gasteiger partial charge in [0.15, 0.2) is 0 Å². The summed E-state index contributed by atoms with van der Waals surface area (Å²) in [6, 6.07) is 8.85. The van der Waals surface area contributed by atoms with Gasteiger partial charge in [0.25, 0.3) is 0 Å². The summed E-state index contributed by atoms with van der Waals surface area (Å²) in [7, 11) is -3.59.